The molecule has 1 N–H and O–H groups in total. The highest BCUT2D eigenvalue weighted by atomic mass is 16.4. The van der Waals surface area contributed by atoms with Crippen LogP contribution < -0.4 is 5.32 Å². The van der Waals surface area contributed by atoms with E-state index < -0.39 is 0 Å². The van der Waals surface area contributed by atoms with E-state index in [2.05, 4.69) is 10.3 Å². The van der Waals surface area contributed by atoms with E-state index in [1.165, 1.54) is 0 Å². The Morgan fingerprint density at radius 2 is 2.33 bits per heavy atom. The van der Waals surface area contributed by atoms with Crippen LogP contribution in [0.25, 0.3) is 0 Å². The molecular weight excluding hydrogens is 156 g/mol. The number of ketones is 1. The van der Waals surface area contributed by atoms with Gasteiger partial charge in [0, 0.05) is 19.9 Å². The maximum Gasteiger partial charge on any atom is 0.295 e. The van der Waals surface area contributed by atoms with Gasteiger partial charge in [-0.3, -0.25) is 4.79 Å². The van der Waals surface area contributed by atoms with Gasteiger partial charge < -0.3 is 9.73 Å². The number of carbonyl (C=O) groups is 1. The van der Waals surface area contributed by atoms with E-state index in [1.54, 1.807) is 7.05 Å². The number of fused-ring (bicyclic) bond motifs is 1. The van der Waals surface area contributed by atoms with E-state index in [1.807, 2.05) is 0 Å². The highest BCUT2D eigenvalue weighted by Crippen LogP contribution is 2.23. The summed E-state index contributed by atoms with van der Waals surface area (Å²) in [6, 6.07) is 0.440. The molecule has 4 heteroatoms. The first kappa shape index (κ1) is 7.34. The summed E-state index contributed by atoms with van der Waals surface area (Å²) in [5, 5.41) is 2.77. The zero-order valence-electron chi connectivity index (χ0n) is 6.89. The Balaban J connectivity index is 2.43. The van der Waals surface area contributed by atoms with Crippen LogP contribution in [0.2, 0.25) is 0 Å². The molecule has 4 nitrogen and oxygen atoms in total. The molecule has 1 aromatic heterocycles. The van der Waals surface area contributed by atoms with Crippen molar-refractivity contribution in [1.82, 2.24) is 4.98 Å². The number of hydrogen-bond donors (Lipinski definition) is 1. The normalized spacial score (nSPS) is 15.9. The van der Waals surface area contributed by atoms with Crippen molar-refractivity contribution in [3.05, 3.63) is 11.5 Å². The van der Waals surface area contributed by atoms with Crippen LogP contribution in [0.3, 0.4) is 0 Å². The third-order valence-electron chi connectivity index (χ3n) is 1.98. The van der Waals surface area contributed by atoms with Crippen molar-refractivity contribution in [1.29, 1.82) is 0 Å². The number of aromatic nitrogens is 1. The molecule has 0 saturated carbocycles. The lowest BCUT2D eigenvalue weighted by molar-refractivity contribution is 0.0965. The van der Waals surface area contributed by atoms with Gasteiger partial charge in [-0.1, -0.05) is 0 Å². The molecule has 0 atom stereocenters. The average molecular weight is 166 g/mol. The molecule has 0 aliphatic heterocycles. The lowest BCUT2D eigenvalue weighted by Crippen LogP contribution is -2.09. The largest absolute Gasteiger partial charge is 0.428 e. The Morgan fingerprint density at radius 3 is 3.00 bits per heavy atom. The predicted octanol–water partition coefficient (Wildman–Crippen LogP) is 1.24. The summed E-state index contributed by atoms with van der Waals surface area (Å²) in [4.78, 5) is 15.3. The first-order valence-electron chi connectivity index (χ1n) is 4.02. The summed E-state index contributed by atoms with van der Waals surface area (Å²) < 4.78 is 5.28. The second kappa shape index (κ2) is 2.62. The Kier molecular flexibility index (Phi) is 1.60. The minimum Gasteiger partial charge on any atom is -0.428 e. The minimum absolute atomic E-state index is 0.0986. The van der Waals surface area contributed by atoms with Crippen LogP contribution in [0.5, 0.6) is 0 Å². The second-order valence-corrected chi connectivity index (χ2v) is 2.82. The molecule has 0 aromatic carbocycles. The van der Waals surface area contributed by atoms with Gasteiger partial charge in [0.15, 0.2) is 5.78 Å². The van der Waals surface area contributed by atoms with Crippen LogP contribution >= 0.6 is 0 Å². The molecule has 0 radical (unpaired) electrons. The van der Waals surface area contributed by atoms with Gasteiger partial charge in [0.25, 0.3) is 6.01 Å². The first-order valence-corrected chi connectivity index (χ1v) is 4.02. The summed E-state index contributed by atoms with van der Waals surface area (Å²) in [5.74, 6) is 0.831. The number of nitrogens with one attached hydrogen (secondary N) is 1. The van der Waals surface area contributed by atoms with Gasteiger partial charge >= 0.3 is 0 Å². The molecule has 64 valence electrons. The molecule has 1 heterocycles. The third-order valence-corrected chi connectivity index (χ3v) is 1.98. The highest BCUT2D eigenvalue weighted by molar-refractivity contribution is 5.96. The maximum absolute atomic E-state index is 11.3. The van der Waals surface area contributed by atoms with E-state index in [0.717, 1.165) is 18.6 Å². The van der Waals surface area contributed by atoms with Gasteiger partial charge in [0.05, 0.1) is 0 Å². The molecule has 1 aromatic rings. The van der Waals surface area contributed by atoms with Crippen molar-refractivity contribution in [2.24, 2.45) is 0 Å². The standard InChI is InChI=1S/C8H10N2O2/c1-9-8-10-7-5(11)3-2-4-6(7)12-8/h2-4H2,1H3,(H,9,10). The lowest BCUT2D eigenvalue weighted by Gasteiger charge is -2.04. The van der Waals surface area contributed by atoms with E-state index in [-0.39, 0.29) is 5.78 Å². The van der Waals surface area contributed by atoms with Gasteiger partial charge in [0.2, 0.25) is 0 Å². The van der Waals surface area contributed by atoms with Crippen molar-refractivity contribution in [2.45, 2.75) is 19.3 Å². The van der Waals surface area contributed by atoms with Crippen molar-refractivity contribution >= 4 is 11.8 Å². The molecule has 1 aliphatic carbocycles. The van der Waals surface area contributed by atoms with E-state index in [4.69, 9.17) is 4.42 Å². The zero-order chi connectivity index (χ0) is 8.55. The number of carbonyl (C=O) groups excluding carboxylic acids is 1. The summed E-state index contributed by atoms with van der Waals surface area (Å²) in [6.45, 7) is 0. The number of rotatable bonds is 1. The van der Waals surface area contributed by atoms with Crippen molar-refractivity contribution in [3.63, 3.8) is 0 Å². The second-order valence-electron chi connectivity index (χ2n) is 2.82. The molecule has 2 rings (SSSR count). The molecule has 1 aliphatic rings. The molecule has 0 unspecified atom stereocenters. The molecule has 0 fully saturated rings. The number of aryl methyl sites for hydroxylation is 1. The van der Waals surface area contributed by atoms with Crippen LogP contribution in [0, 0.1) is 0 Å². The number of nitrogens with zero attached hydrogens (tertiary/aromatic N) is 1. The van der Waals surface area contributed by atoms with Crippen LogP contribution in [0.4, 0.5) is 6.01 Å². The summed E-state index contributed by atoms with van der Waals surface area (Å²) in [6.07, 6.45) is 2.31. The number of hydrogen-bond acceptors (Lipinski definition) is 4. The van der Waals surface area contributed by atoms with Gasteiger partial charge in [-0.25, -0.2) is 0 Å². The summed E-state index contributed by atoms with van der Waals surface area (Å²) in [5.41, 5.74) is 0.519. The Hall–Kier alpha value is -1.32. The quantitative estimate of drug-likeness (QED) is 0.681. The van der Waals surface area contributed by atoms with Crippen molar-refractivity contribution in [3.8, 4) is 0 Å². The SMILES string of the molecule is CNc1nc2c(o1)CCCC2=O. The van der Waals surface area contributed by atoms with Gasteiger partial charge in [0.1, 0.15) is 11.5 Å². The summed E-state index contributed by atoms with van der Waals surface area (Å²) >= 11 is 0. The van der Waals surface area contributed by atoms with Crippen LogP contribution in [-0.4, -0.2) is 17.8 Å². The van der Waals surface area contributed by atoms with Crippen molar-refractivity contribution < 1.29 is 9.21 Å². The Morgan fingerprint density at radius 1 is 1.50 bits per heavy atom. The van der Waals surface area contributed by atoms with Gasteiger partial charge in [-0.15, -0.1) is 0 Å². The van der Waals surface area contributed by atoms with E-state index >= 15 is 0 Å². The third kappa shape index (κ3) is 0.995. The minimum atomic E-state index is 0.0986. The Labute approximate surface area is 70.0 Å². The van der Waals surface area contributed by atoms with Crippen LogP contribution in [-0.2, 0) is 6.42 Å². The molecular formula is C8H10N2O2. The van der Waals surface area contributed by atoms with Crippen molar-refractivity contribution in [2.75, 3.05) is 12.4 Å². The van der Waals surface area contributed by atoms with Gasteiger partial charge in [-0.05, 0) is 6.42 Å². The molecule has 12 heavy (non-hydrogen) atoms. The lowest BCUT2D eigenvalue weighted by atomic mass is 10.0. The molecule has 0 spiro atoms. The highest BCUT2D eigenvalue weighted by Gasteiger charge is 2.23. The van der Waals surface area contributed by atoms with Crippen LogP contribution in [0.1, 0.15) is 29.1 Å². The fraction of sp³-hybridized carbons (Fsp3) is 0.500. The predicted molar refractivity (Wildman–Crippen MR) is 43.3 cm³/mol. The topological polar surface area (TPSA) is 55.1 Å². The number of oxazole rings is 1. The first-order chi connectivity index (χ1) is 5.81. The number of Topliss-reactive ketones (excluding diaryl/α,β-unsaturated/α-hetero) is 1. The summed E-state index contributed by atoms with van der Waals surface area (Å²) in [7, 11) is 1.72. The fourth-order valence-corrected chi connectivity index (χ4v) is 1.37. The average Bonchev–Trinajstić information content (AvgIpc) is 2.49. The van der Waals surface area contributed by atoms with Crippen LogP contribution in [0.15, 0.2) is 4.42 Å². The van der Waals surface area contributed by atoms with Gasteiger partial charge in [-0.2, -0.15) is 4.98 Å². The smallest absolute Gasteiger partial charge is 0.295 e. The zero-order valence-corrected chi connectivity index (χ0v) is 6.89. The molecule has 0 saturated heterocycles. The number of anilines is 1. The monoisotopic (exact) mass is 166 g/mol. The maximum atomic E-state index is 11.3. The molecule has 0 amide bonds. The van der Waals surface area contributed by atoms with E-state index in [9.17, 15) is 4.79 Å². The fourth-order valence-electron chi connectivity index (χ4n) is 1.37. The van der Waals surface area contributed by atoms with E-state index in [0.29, 0.717) is 18.1 Å². The molecule has 0 bridgehead atoms. The Bertz CT molecular complexity index is 317.